The molecule has 0 radical (unpaired) electrons. The molecule has 0 spiro atoms. The van der Waals surface area contributed by atoms with Crippen molar-refractivity contribution in [2.75, 3.05) is 26.2 Å². The highest BCUT2D eigenvalue weighted by atomic mass is 16.4. The van der Waals surface area contributed by atoms with Crippen molar-refractivity contribution in [3.63, 3.8) is 0 Å². The minimum atomic E-state index is -1.09. The first-order valence-corrected chi connectivity index (χ1v) is 12.2. The van der Waals surface area contributed by atoms with E-state index in [4.69, 9.17) is 5.11 Å². The van der Waals surface area contributed by atoms with Crippen molar-refractivity contribution in [2.24, 2.45) is 11.8 Å². The second-order valence-electron chi connectivity index (χ2n) is 9.09. The highest BCUT2D eigenvalue weighted by Crippen LogP contribution is 2.21. The molecule has 32 heavy (non-hydrogen) atoms. The van der Waals surface area contributed by atoms with Gasteiger partial charge in [-0.05, 0) is 57.5 Å². The van der Waals surface area contributed by atoms with E-state index in [1.54, 1.807) is 4.90 Å². The van der Waals surface area contributed by atoms with Crippen LogP contribution in [-0.4, -0.2) is 66.0 Å². The minimum Gasteiger partial charge on any atom is -0.481 e. The van der Waals surface area contributed by atoms with Crippen LogP contribution in [0, 0.1) is 11.8 Å². The van der Waals surface area contributed by atoms with E-state index in [1.165, 1.54) is 0 Å². The molecule has 2 fully saturated rings. The largest absolute Gasteiger partial charge is 0.481 e. The molecule has 0 unspecified atom stereocenters. The first-order valence-electron chi connectivity index (χ1n) is 12.2. The average Bonchev–Trinajstić information content (AvgIpc) is 2.78. The van der Waals surface area contributed by atoms with Crippen molar-refractivity contribution in [3.8, 4) is 0 Å². The first-order chi connectivity index (χ1) is 15.4. The van der Waals surface area contributed by atoms with Crippen LogP contribution >= 0.6 is 0 Å². The molecule has 0 saturated carbocycles. The maximum atomic E-state index is 12.8. The Morgan fingerprint density at radius 3 is 2.50 bits per heavy atom. The smallest absolute Gasteiger partial charge is 0.307 e. The summed E-state index contributed by atoms with van der Waals surface area (Å²) in [6.07, 6.45) is 6.61. The second-order valence-corrected chi connectivity index (χ2v) is 9.09. The van der Waals surface area contributed by atoms with Crippen molar-refractivity contribution in [1.82, 2.24) is 20.9 Å². The maximum absolute atomic E-state index is 12.8. The first kappa shape index (κ1) is 26.1. The van der Waals surface area contributed by atoms with E-state index >= 15 is 0 Å². The van der Waals surface area contributed by atoms with Gasteiger partial charge in [0.1, 0.15) is 6.17 Å². The molecule has 0 aromatic carbocycles. The van der Waals surface area contributed by atoms with Crippen molar-refractivity contribution >= 4 is 23.7 Å². The van der Waals surface area contributed by atoms with Gasteiger partial charge >= 0.3 is 5.97 Å². The van der Waals surface area contributed by atoms with Gasteiger partial charge in [0.15, 0.2) is 0 Å². The lowest BCUT2D eigenvalue weighted by molar-refractivity contribution is -0.138. The summed E-state index contributed by atoms with van der Waals surface area (Å²) in [6, 6.07) is 0. The van der Waals surface area contributed by atoms with Crippen LogP contribution in [0.2, 0.25) is 0 Å². The molecule has 4 N–H and O–H groups in total. The molecule has 0 aromatic heterocycles. The van der Waals surface area contributed by atoms with Gasteiger partial charge in [0.2, 0.25) is 17.7 Å². The summed E-state index contributed by atoms with van der Waals surface area (Å²) in [7, 11) is 0. The minimum absolute atomic E-state index is 0.0901. The fraction of sp³-hybridized carbons (Fsp3) is 0.826. The summed E-state index contributed by atoms with van der Waals surface area (Å²) in [6.45, 7) is 5.06. The van der Waals surface area contributed by atoms with Gasteiger partial charge in [-0.15, -0.1) is 0 Å². The van der Waals surface area contributed by atoms with Gasteiger partial charge < -0.3 is 26.0 Å². The van der Waals surface area contributed by atoms with Crippen LogP contribution in [-0.2, 0) is 19.2 Å². The van der Waals surface area contributed by atoms with Crippen LogP contribution in [0.5, 0.6) is 0 Å². The maximum Gasteiger partial charge on any atom is 0.307 e. The summed E-state index contributed by atoms with van der Waals surface area (Å²) in [4.78, 5) is 50.6. The Kier molecular flexibility index (Phi) is 11.5. The van der Waals surface area contributed by atoms with Crippen LogP contribution in [0.4, 0.5) is 0 Å². The lowest BCUT2D eigenvalue weighted by atomic mass is 9.92. The molecule has 2 aliphatic heterocycles. The predicted molar refractivity (Wildman–Crippen MR) is 121 cm³/mol. The van der Waals surface area contributed by atoms with Gasteiger partial charge in [0.05, 0.1) is 12.3 Å². The van der Waals surface area contributed by atoms with E-state index in [1.807, 2.05) is 6.92 Å². The van der Waals surface area contributed by atoms with Gasteiger partial charge in [0.25, 0.3) is 0 Å². The van der Waals surface area contributed by atoms with E-state index in [0.717, 1.165) is 58.0 Å². The number of rotatable bonds is 12. The molecule has 0 bridgehead atoms. The van der Waals surface area contributed by atoms with Gasteiger partial charge in [-0.3, -0.25) is 19.2 Å². The SMILES string of the molecule is CCCCCC(=O)N[C@H](CC(=O)O)NC(=O)[C@@H]1CCCN(C(=O)CCC2CCNCC2)C1. The zero-order valence-electron chi connectivity index (χ0n) is 19.4. The van der Waals surface area contributed by atoms with E-state index in [2.05, 4.69) is 16.0 Å². The highest BCUT2D eigenvalue weighted by molar-refractivity contribution is 5.83. The van der Waals surface area contributed by atoms with Crippen molar-refractivity contribution in [2.45, 2.75) is 83.7 Å². The molecule has 2 heterocycles. The number of likely N-dealkylation sites (tertiary alicyclic amines) is 1. The number of nitrogens with zero attached hydrogens (tertiary/aromatic N) is 1. The lowest BCUT2D eigenvalue weighted by Gasteiger charge is -2.33. The van der Waals surface area contributed by atoms with Crippen molar-refractivity contribution < 1.29 is 24.3 Å². The number of hydrogen-bond acceptors (Lipinski definition) is 5. The van der Waals surface area contributed by atoms with Gasteiger partial charge in [-0.25, -0.2) is 0 Å². The molecule has 9 heteroatoms. The molecule has 182 valence electrons. The summed E-state index contributed by atoms with van der Waals surface area (Å²) in [5, 5.41) is 17.8. The summed E-state index contributed by atoms with van der Waals surface area (Å²) < 4.78 is 0. The van der Waals surface area contributed by atoms with Gasteiger partial charge in [0, 0.05) is 25.9 Å². The van der Waals surface area contributed by atoms with E-state index in [9.17, 15) is 19.2 Å². The standard InChI is InChI=1S/C23H40N4O5/c1-2-3-4-7-20(28)25-19(15-22(30)31)26-23(32)18-6-5-14-27(16-18)21(29)9-8-17-10-12-24-13-11-17/h17-19,24H,2-16H2,1H3,(H,25,28)(H,26,32)(H,30,31)/t18-,19+/m1/s1. The third-order valence-corrected chi connectivity index (χ3v) is 6.41. The second kappa shape index (κ2) is 14.1. The number of piperidine rings is 2. The monoisotopic (exact) mass is 452 g/mol. The van der Waals surface area contributed by atoms with Gasteiger partial charge in [-0.2, -0.15) is 0 Å². The average molecular weight is 453 g/mol. The molecule has 3 amide bonds. The zero-order valence-corrected chi connectivity index (χ0v) is 19.4. The molecule has 0 aliphatic carbocycles. The summed E-state index contributed by atoms with van der Waals surface area (Å²) in [5.74, 6) is -1.37. The normalized spacial score (nSPS) is 20.4. The Morgan fingerprint density at radius 2 is 1.81 bits per heavy atom. The third-order valence-electron chi connectivity index (χ3n) is 6.41. The summed E-state index contributed by atoms with van der Waals surface area (Å²) in [5.41, 5.74) is 0. The van der Waals surface area contributed by atoms with Crippen molar-refractivity contribution in [3.05, 3.63) is 0 Å². The number of carboxylic acid groups (broad SMARTS) is 1. The Labute approximate surface area is 191 Å². The van der Waals surface area contributed by atoms with Crippen LogP contribution < -0.4 is 16.0 Å². The number of nitrogens with one attached hydrogen (secondary N) is 3. The highest BCUT2D eigenvalue weighted by Gasteiger charge is 2.30. The number of unbranched alkanes of at least 4 members (excludes halogenated alkanes) is 2. The summed E-state index contributed by atoms with van der Waals surface area (Å²) >= 11 is 0. The molecule has 2 rings (SSSR count). The van der Waals surface area contributed by atoms with E-state index in [0.29, 0.717) is 38.3 Å². The Morgan fingerprint density at radius 1 is 1.06 bits per heavy atom. The number of aliphatic carboxylic acids is 1. The van der Waals surface area contributed by atoms with Crippen LogP contribution in [0.1, 0.15) is 77.6 Å². The number of amides is 3. The Hall–Kier alpha value is -2.16. The fourth-order valence-corrected chi connectivity index (χ4v) is 4.48. The topological polar surface area (TPSA) is 128 Å². The van der Waals surface area contributed by atoms with Crippen LogP contribution in [0.25, 0.3) is 0 Å². The van der Waals surface area contributed by atoms with Crippen LogP contribution in [0.3, 0.4) is 0 Å². The molecule has 9 nitrogen and oxygen atoms in total. The van der Waals surface area contributed by atoms with Gasteiger partial charge in [-0.1, -0.05) is 19.8 Å². The molecule has 2 atom stereocenters. The predicted octanol–water partition coefficient (Wildman–Crippen LogP) is 1.62. The molecule has 0 aromatic rings. The Bertz CT molecular complexity index is 636. The fourth-order valence-electron chi connectivity index (χ4n) is 4.48. The molecular weight excluding hydrogens is 412 g/mol. The number of carbonyl (C=O) groups is 4. The molecule has 2 saturated heterocycles. The number of carboxylic acids is 1. The zero-order chi connectivity index (χ0) is 23.3. The quantitative estimate of drug-likeness (QED) is 0.263. The molecular formula is C23H40N4O5. The van der Waals surface area contributed by atoms with E-state index < -0.39 is 12.1 Å². The van der Waals surface area contributed by atoms with E-state index in [-0.39, 0.29) is 30.1 Å². The lowest BCUT2D eigenvalue weighted by Crippen LogP contribution is -2.53. The molecule has 2 aliphatic rings. The van der Waals surface area contributed by atoms with Crippen LogP contribution in [0.15, 0.2) is 0 Å². The number of hydrogen-bond donors (Lipinski definition) is 4. The Balaban J connectivity index is 1.82. The third kappa shape index (κ3) is 9.54. The number of carbonyl (C=O) groups excluding carboxylic acids is 3. The van der Waals surface area contributed by atoms with Crippen molar-refractivity contribution in [1.29, 1.82) is 0 Å².